The van der Waals surface area contributed by atoms with Crippen molar-refractivity contribution in [2.24, 2.45) is 0 Å². The first kappa shape index (κ1) is 11.9. The highest BCUT2D eigenvalue weighted by molar-refractivity contribution is 5.94. The second-order valence-corrected chi connectivity index (χ2v) is 3.96. The first-order valence-corrected chi connectivity index (χ1v) is 5.40. The predicted molar refractivity (Wildman–Crippen MR) is 68.2 cm³/mol. The van der Waals surface area contributed by atoms with E-state index < -0.39 is 0 Å². The molecule has 1 aromatic heterocycles. The van der Waals surface area contributed by atoms with E-state index >= 15 is 0 Å². The lowest BCUT2D eigenvalue weighted by molar-refractivity contribution is -0.115. The highest BCUT2D eigenvalue weighted by Gasteiger charge is 2.04. The van der Waals surface area contributed by atoms with Crippen LogP contribution in [0, 0.1) is 18.3 Å². The van der Waals surface area contributed by atoms with Gasteiger partial charge >= 0.3 is 0 Å². The Morgan fingerprint density at radius 1 is 1.44 bits per heavy atom. The molecular weight excluding hydrogens is 230 g/mol. The smallest absolute Gasteiger partial charge is 0.238 e. The number of fused-ring (bicyclic) bond motifs is 1. The molecule has 0 saturated heterocycles. The predicted octanol–water partition coefficient (Wildman–Crippen LogP) is 1.69. The third kappa shape index (κ3) is 2.38. The minimum atomic E-state index is -0.389. The maximum Gasteiger partial charge on any atom is 0.238 e. The number of aryl methyl sites for hydroxylation is 1. The molecule has 0 aliphatic carbocycles. The Morgan fingerprint density at radius 2 is 2.22 bits per heavy atom. The lowest BCUT2D eigenvalue weighted by Crippen LogP contribution is -2.11. The number of benzene rings is 1. The summed E-state index contributed by atoms with van der Waals surface area (Å²) >= 11 is 0. The number of carbonyl (C=O) groups is 1. The number of hydrogen-bond donors (Lipinski definition) is 2. The van der Waals surface area contributed by atoms with Crippen LogP contribution in [-0.2, 0) is 4.79 Å². The molecular formula is C13H11N3O2. The summed E-state index contributed by atoms with van der Waals surface area (Å²) in [6, 6.07) is 8.28. The molecule has 1 aromatic carbocycles. The Morgan fingerprint density at radius 3 is 2.94 bits per heavy atom. The lowest BCUT2D eigenvalue weighted by atomic mass is 10.1. The number of H-pyrrole nitrogens is 1. The molecule has 2 N–H and O–H groups in total. The minimum Gasteiger partial charge on any atom is -0.358 e. The molecule has 0 unspecified atom stereocenters. The molecule has 2 aromatic rings. The molecule has 0 bridgehead atoms. The maximum absolute atomic E-state index is 11.8. The van der Waals surface area contributed by atoms with Gasteiger partial charge in [0.15, 0.2) is 5.43 Å². The van der Waals surface area contributed by atoms with Gasteiger partial charge in [-0.1, -0.05) is 0 Å². The first-order valence-electron chi connectivity index (χ1n) is 5.40. The van der Waals surface area contributed by atoms with E-state index in [9.17, 15) is 9.59 Å². The highest BCUT2D eigenvalue weighted by atomic mass is 16.1. The summed E-state index contributed by atoms with van der Waals surface area (Å²) in [5.74, 6) is -0.389. The summed E-state index contributed by atoms with van der Waals surface area (Å²) in [7, 11) is 0. The van der Waals surface area contributed by atoms with Crippen molar-refractivity contribution in [2.75, 3.05) is 5.32 Å². The highest BCUT2D eigenvalue weighted by Crippen LogP contribution is 2.15. The van der Waals surface area contributed by atoms with E-state index in [4.69, 9.17) is 5.26 Å². The number of aromatic amines is 1. The second-order valence-electron chi connectivity index (χ2n) is 3.96. The van der Waals surface area contributed by atoms with Crippen molar-refractivity contribution in [1.82, 2.24) is 4.98 Å². The topological polar surface area (TPSA) is 85.8 Å². The van der Waals surface area contributed by atoms with E-state index in [1.54, 1.807) is 24.3 Å². The summed E-state index contributed by atoms with van der Waals surface area (Å²) in [5.41, 5.74) is 1.92. The van der Waals surface area contributed by atoms with E-state index in [-0.39, 0.29) is 17.8 Å². The molecule has 90 valence electrons. The Balaban J connectivity index is 2.42. The van der Waals surface area contributed by atoms with E-state index in [1.807, 2.05) is 6.92 Å². The van der Waals surface area contributed by atoms with E-state index in [0.29, 0.717) is 11.1 Å². The number of rotatable bonds is 2. The number of pyridine rings is 1. The van der Waals surface area contributed by atoms with Crippen LogP contribution in [0.25, 0.3) is 10.9 Å². The molecule has 0 aliphatic heterocycles. The molecule has 0 aliphatic rings. The van der Waals surface area contributed by atoms with Crippen LogP contribution in [0.4, 0.5) is 5.69 Å². The van der Waals surface area contributed by atoms with Gasteiger partial charge in [-0.3, -0.25) is 9.59 Å². The number of amides is 1. The summed E-state index contributed by atoms with van der Waals surface area (Å²) in [4.78, 5) is 26.1. The summed E-state index contributed by atoms with van der Waals surface area (Å²) in [6.45, 7) is 1.81. The fourth-order valence-electron chi connectivity index (χ4n) is 1.73. The van der Waals surface area contributed by atoms with Crippen LogP contribution in [0.15, 0.2) is 29.1 Å². The van der Waals surface area contributed by atoms with Gasteiger partial charge in [0.25, 0.3) is 0 Å². The van der Waals surface area contributed by atoms with Crippen molar-refractivity contribution in [3.8, 4) is 6.07 Å². The van der Waals surface area contributed by atoms with Crippen molar-refractivity contribution in [3.63, 3.8) is 0 Å². The number of nitrogens with one attached hydrogen (secondary N) is 2. The van der Waals surface area contributed by atoms with Gasteiger partial charge in [0, 0.05) is 28.4 Å². The van der Waals surface area contributed by atoms with Crippen LogP contribution in [0.1, 0.15) is 12.1 Å². The van der Waals surface area contributed by atoms with E-state index in [1.165, 1.54) is 6.07 Å². The van der Waals surface area contributed by atoms with Gasteiger partial charge in [-0.2, -0.15) is 5.26 Å². The minimum absolute atomic E-state index is 0.0994. The zero-order valence-electron chi connectivity index (χ0n) is 9.78. The average Bonchev–Trinajstić information content (AvgIpc) is 2.30. The van der Waals surface area contributed by atoms with Crippen LogP contribution in [0.3, 0.4) is 0 Å². The van der Waals surface area contributed by atoms with E-state index in [2.05, 4.69) is 10.3 Å². The van der Waals surface area contributed by atoms with Crippen molar-refractivity contribution < 1.29 is 4.79 Å². The third-order valence-corrected chi connectivity index (χ3v) is 2.49. The van der Waals surface area contributed by atoms with Crippen molar-refractivity contribution in [1.29, 1.82) is 5.26 Å². The van der Waals surface area contributed by atoms with Gasteiger partial charge in [-0.05, 0) is 25.1 Å². The van der Waals surface area contributed by atoms with Crippen LogP contribution in [-0.4, -0.2) is 10.9 Å². The number of nitriles is 1. The Labute approximate surface area is 103 Å². The van der Waals surface area contributed by atoms with Crippen LogP contribution in [0.2, 0.25) is 0 Å². The van der Waals surface area contributed by atoms with Gasteiger partial charge < -0.3 is 10.3 Å². The largest absolute Gasteiger partial charge is 0.358 e. The average molecular weight is 241 g/mol. The van der Waals surface area contributed by atoms with Gasteiger partial charge in [0.1, 0.15) is 6.42 Å². The Bertz CT molecular complexity index is 710. The number of hydrogen-bond acceptors (Lipinski definition) is 3. The van der Waals surface area contributed by atoms with Gasteiger partial charge in [0.05, 0.1) is 6.07 Å². The molecule has 0 spiro atoms. The van der Waals surface area contributed by atoms with Gasteiger partial charge in [-0.15, -0.1) is 0 Å². The Kier molecular flexibility index (Phi) is 3.11. The summed E-state index contributed by atoms with van der Waals surface area (Å²) in [5, 5.41) is 11.5. The van der Waals surface area contributed by atoms with Crippen molar-refractivity contribution in [3.05, 3.63) is 40.2 Å². The fourth-order valence-corrected chi connectivity index (χ4v) is 1.73. The van der Waals surface area contributed by atoms with Gasteiger partial charge in [0.2, 0.25) is 5.91 Å². The molecule has 5 nitrogen and oxygen atoms in total. The molecule has 0 radical (unpaired) electrons. The molecule has 18 heavy (non-hydrogen) atoms. The summed E-state index contributed by atoms with van der Waals surface area (Å²) in [6.07, 6.45) is -0.206. The second kappa shape index (κ2) is 4.72. The zero-order chi connectivity index (χ0) is 13.1. The SMILES string of the molecule is Cc1cc(=O)c2cc(NC(=O)CC#N)ccc2[nH]1. The molecule has 2 rings (SSSR count). The summed E-state index contributed by atoms with van der Waals surface area (Å²) < 4.78 is 0. The quantitative estimate of drug-likeness (QED) is 0.838. The Hall–Kier alpha value is -2.61. The number of anilines is 1. The van der Waals surface area contributed by atoms with Crippen molar-refractivity contribution >= 4 is 22.5 Å². The van der Waals surface area contributed by atoms with Gasteiger partial charge in [-0.25, -0.2) is 0 Å². The lowest BCUT2D eigenvalue weighted by Gasteiger charge is -2.05. The normalized spacial score (nSPS) is 10.0. The number of aromatic nitrogens is 1. The standard InChI is InChI=1S/C13H11N3O2/c1-8-6-12(17)10-7-9(2-3-11(10)15-8)16-13(18)4-5-14/h2-3,6-7H,4H2,1H3,(H,15,17)(H,16,18). The first-order chi connectivity index (χ1) is 8.60. The molecule has 1 amide bonds. The van der Waals surface area contributed by atoms with Crippen LogP contribution < -0.4 is 10.7 Å². The molecule has 0 saturated carbocycles. The zero-order valence-corrected chi connectivity index (χ0v) is 9.78. The van der Waals surface area contributed by atoms with Crippen LogP contribution in [0.5, 0.6) is 0 Å². The van der Waals surface area contributed by atoms with Crippen LogP contribution >= 0.6 is 0 Å². The third-order valence-electron chi connectivity index (χ3n) is 2.49. The van der Waals surface area contributed by atoms with Crippen molar-refractivity contribution in [2.45, 2.75) is 13.3 Å². The molecule has 0 fully saturated rings. The number of carbonyl (C=O) groups excluding carboxylic acids is 1. The monoisotopic (exact) mass is 241 g/mol. The van der Waals surface area contributed by atoms with E-state index in [0.717, 1.165) is 11.2 Å². The molecule has 1 heterocycles. The fraction of sp³-hybridized carbons (Fsp3) is 0.154. The maximum atomic E-state index is 11.8. The number of nitrogens with zero attached hydrogens (tertiary/aromatic N) is 1. The molecule has 0 atom stereocenters. The molecule has 5 heteroatoms.